The van der Waals surface area contributed by atoms with Crippen molar-refractivity contribution in [3.8, 4) is 0 Å². The second kappa shape index (κ2) is 18.1. The van der Waals surface area contributed by atoms with Gasteiger partial charge in [0.25, 0.3) is 0 Å². The number of rotatable bonds is 12. The smallest absolute Gasteiger partial charge is 0.0690 e. The Morgan fingerprint density at radius 1 is 0.375 bits per heavy atom. The van der Waals surface area contributed by atoms with Crippen molar-refractivity contribution in [3.63, 3.8) is 0 Å². The molecular weight excluding hydrogens is 773 g/mol. The predicted octanol–water partition coefficient (Wildman–Crippen LogP) is 7.55. The predicted molar refractivity (Wildman–Crippen MR) is 240 cm³/mol. The van der Waals surface area contributed by atoms with Crippen LogP contribution < -0.4 is 10.6 Å². The number of thioether (sulfide) groups is 4. The van der Waals surface area contributed by atoms with Gasteiger partial charge in [0.15, 0.2) is 0 Å². The van der Waals surface area contributed by atoms with Crippen LogP contribution in [0, 0.1) is 71.0 Å². The molecule has 6 N–H and O–H groups in total. The fourth-order valence-electron chi connectivity index (χ4n) is 13.5. The molecule has 0 radical (unpaired) electrons. The van der Waals surface area contributed by atoms with Crippen molar-refractivity contribution in [1.82, 2.24) is 10.6 Å². The molecule has 6 nitrogen and oxygen atoms in total. The van der Waals surface area contributed by atoms with E-state index in [9.17, 15) is 20.4 Å². The lowest BCUT2D eigenvalue weighted by Gasteiger charge is -2.42. The topological polar surface area (TPSA) is 105 Å². The van der Waals surface area contributed by atoms with Crippen LogP contribution in [-0.4, -0.2) is 115 Å². The molecule has 0 bridgehead atoms. The van der Waals surface area contributed by atoms with Gasteiger partial charge in [0.05, 0.1) is 24.4 Å². The van der Waals surface area contributed by atoms with Gasteiger partial charge in [-0.1, -0.05) is 25.7 Å². The lowest BCUT2D eigenvalue weighted by molar-refractivity contribution is 0.0119. The van der Waals surface area contributed by atoms with Crippen molar-refractivity contribution in [1.29, 1.82) is 0 Å². The van der Waals surface area contributed by atoms with Gasteiger partial charge in [-0.15, -0.1) is 0 Å². The first-order valence-electron chi connectivity index (χ1n) is 23.5. The van der Waals surface area contributed by atoms with E-state index < -0.39 is 0 Å². The van der Waals surface area contributed by atoms with E-state index in [1.807, 2.05) is 47.0 Å². The Kier molecular flexibility index (Phi) is 13.7. The first kappa shape index (κ1) is 42.5. The van der Waals surface area contributed by atoms with Gasteiger partial charge in [-0.05, 0) is 186 Å². The Labute approximate surface area is 357 Å². The first-order valence-corrected chi connectivity index (χ1v) is 28.7. The largest absolute Gasteiger partial charge is 0.392 e. The summed E-state index contributed by atoms with van der Waals surface area (Å²) >= 11 is 7.44. The number of fused-ring (bicyclic) bond motifs is 4. The standard InChI is InChI=1S/2C12H20OS.2C11H19NOS/c2*1-14-11-6-9-8(4-7-2-3-7)5-10(9)12(11)13;2*1-14-10-5-7-8(11(10)13)4-9(7)12-6-2-3-6/h2*7-13H,2-6H2,1H3;2*6-13H,2-5H2,1H3/t8?,9-,10+,11-,12-;8-,9-,10+,11-,12-;7-,8-,9?,10+,11+;7-,8-,9+,10+,11+/m1001/s1. The van der Waals surface area contributed by atoms with Crippen LogP contribution in [0.3, 0.4) is 0 Å². The van der Waals surface area contributed by atoms with Crippen molar-refractivity contribution < 1.29 is 20.4 Å². The lowest BCUT2D eigenvalue weighted by Crippen LogP contribution is -2.51. The fourth-order valence-corrected chi connectivity index (χ4v) is 17.0. The minimum absolute atomic E-state index is 0.0189. The SMILES string of the molecule is CS[C@@H]1C[C@@H]2C(CC3CC3)C[C@@H]2[C@H]1O.CS[C@@H]1C[C@@H]2C(NC3CC3)C[C@@H]2[C@H]1O.CS[C@H]1C[C@@H]2[C@@H](C[C@@H]2NC2CC2)[C@@H]1O.CS[C@H]1C[C@H]2[C@@H](CC3CC3)C[C@H]2[C@@H]1O. The third kappa shape index (κ3) is 9.13. The van der Waals surface area contributed by atoms with Crippen molar-refractivity contribution in [2.75, 3.05) is 25.0 Å². The second-order valence-electron chi connectivity index (χ2n) is 21.2. The molecule has 0 aromatic heterocycles. The molecule has 320 valence electrons. The molecule has 0 saturated heterocycles. The van der Waals surface area contributed by atoms with Crippen LogP contribution in [0.1, 0.15) is 116 Å². The summed E-state index contributed by atoms with van der Waals surface area (Å²) in [5, 5.41) is 49.6. The zero-order valence-corrected chi connectivity index (χ0v) is 38.3. The molecule has 0 aromatic rings. The van der Waals surface area contributed by atoms with E-state index in [-0.39, 0.29) is 24.4 Å². The molecule has 0 spiro atoms. The van der Waals surface area contributed by atoms with E-state index in [1.165, 1.54) is 116 Å². The molecule has 56 heavy (non-hydrogen) atoms. The lowest BCUT2D eigenvalue weighted by atomic mass is 9.64. The Morgan fingerprint density at radius 2 is 0.679 bits per heavy atom. The molecule has 10 heteroatoms. The van der Waals surface area contributed by atoms with Gasteiger partial charge in [-0.25, -0.2) is 0 Å². The van der Waals surface area contributed by atoms with E-state index >= 15 is 0 Å². The minimum Gasteiger partial charge on any atom is -0.392 e. The molecular formula is C46H78N2O4S4. The number of hydrogen-bond donors (Lipinski definition) is 6. The average molecular weight is 851 g/mol. The Hall–Kier alpha value is 1.16. The molecule has 12 saturated carbocycles. The Morgan fingerprint density at radius 3 is 0.964 bits per heavy atom. The highest BCUT2D eigenvalue weighted by Gasteiger charge is 2.56. The van der Waals surface area contributed by atoms with Crippen LogP contribution >= 0.6 is 47.0 Å². The average Bonchev–Trinajstić information content (AvgIpc) is 3.97. The third-order valence-corrected chi connectivity index (χ3v) is 22.2. The van der Waals surface area contributed by atoms with E-state index in [0.717, 1.165) is 71.5 Å². The molecule has 20 atom stereocenters. The highest BCUT2D eigenvalue weighted by atomic mass is 32.2. The molecule has 12 aliphatic carbocycles. The van der Waals surface area contributed by atoms with Crippen LogP contribution in [0.15, 0.2) is 0 Å². The summed E-state index contributed by atoms with van der Waals surface area (Å²) in [5.74, 6) is 10.0. The van der Waals surface area contributed by atoms with Gasteiger partial charge in [0, 0.05) is 45.2 Å². The van der Waals surface area contributed by atoms with Crippen molar-refractivity contribution in [2.24, 2.45) is 71.0 Å². The van der Waals surface area contributed by atoms with E-state index in [1.54, 1.807) is 0 Å². The van der Waals surface area contributed by atoms with Crippen molar-refractivity contribution >= 4 is 47.0 Å². The third-order valence-electron chi connectivity index (χ3n) is 17.9. The van der Waals surface area contributed by atoms with Crippen molar-refractivity contribution in [3.05, 3.63) is 0 Å². The highest BCUT2D eigenvalue weighted by Crippen LogP contribution is 2.59. The zero-order valence-electron chi connectivity index (χ0n) is 35.0. The summed E-state index contributed by atoms with van der Waals surface area (Å²) in [5.41, 5.74) is 0. The van der Waals surface area contributed by atoms with Crippen LogP contribution in [0.2, 0.25) is 0 Å². The number of hydrogen-bond acceptors (Lipinski definition) is 10. The van der Waals surface area contributed by atoms with E-state index in [4.69, 9.17) is 0 Å². The molecule has 0 heterocycles. The van der Waals surface area contributed by atoms with Gasteiger partial charge in [0.1, 0.15) is 0 Å². The minimum atomic E-state index is -0.0211. The number of aliphatic hydroxyl groups is 4. The summed E-state index contributed by atoms with van der Waals surface area (Å²) in [6, 6.07) is 3.12. The molecule has 12 fully saturated rings. The van der Waals surface area contributed by atoms with Crippen LogP contribution in [0.25, 0.3) is 0 Å². The van der Waals surface area contributed by atoms with E-state index in [2.05, 4.69) is 35.7 Å². The molecule has 12 rings (SSSR count). The normalized spacial score (nSPS) is 51.4. The fraction of sp³-hybridized carbons (Fsp3) is 1.00. The van der Waals surface area contributed by atoms with E-state index in [0.29, 0.717) is 44.7 Å². The maximum atomic E-state index is 10.0. The van der Waals surface area contributed by atoms with Crippen LogP contribution in [0.4, 0.5) is 0 Å². The summed E-state index contributed by atoms with van der Waals surface area (Å²) < 4.78 is 0. The molecule has 12 aliphatic rings. The monoisotopic (exact) mass is 850 g/mol. The summed E-state index contributed by atoms with van der Waals surface area (Å²) in [4.78, 5) is 0. The quantitative estimate of drug-likeness (QED) is 0.118. The van der Waals surface area contributed by atoms with Crippen LogP contribution in [0.5, 0.6) is 0 Å². The molecule has 0 aromatic carbocycles. The van der Waals surface area contributed by atoms with Crippen LogP contribution in [-0.2, 0) is 0 Å². The van der Waals surface area contributed by atoms with Gasteiger partial charge < -0.3 is 31.1 Å². The van der Waals surface area contributed by atoms with Gasteiger partial charge in [-0.2, -0.15) is 47.0 Å². The Balaban J connectivity index is 0.0000000975. The van der Waals surface area contributed by atoms with Crippen molar-refractivity contribution in [2.45, 2.75) is 185 Å². The second-order valence-corrected chi connectivity index (χ2v) is 25.5. The summed E-state index contributed by atoms with van der Waals surface area (Å²) in [7, 11) is 0. The number of aliphatic hydroxyl groups excluding tert-OH is 4. The Bertz CT molecular complexity index is 1110. The maximum Gasteiger partial charge on any atom is 0.0690 e. The molecule has 2 unspecified atom stereocenters. The first-order chi connectivity index (χ1) is 27.2. The maximum absolute atomic E-state index is 10.0. The van der Waals surface area contributed by atoms with Gasteiger partial charge in [0.2, 0.25) is 0 Å². The van der Waals surface area contributed by atoms with Gasteiger partial charge >= 0.3 is 0 Å². The zero-order chi connectivity index (χ0) is 38.8. The summed E-state index contributed by atoms with van der Waals surface area (Å²) in [6.07, 6.45) is 33.1. The van der Waals surface area contributed by atoms with Gasteiger partial charge in [-0.3, -0.25) is 0 Å². The molecule has 0 aliphatic heterocycles. The number of nitrogens with one attached hydrogen (secondary N) is 2. The summed E-state index contributed by atoms with van der Waals surface area (Å²) in [6.45, 7) is 0. The highest BCUT2D eigenvalue weighted by molar-refractivity contribution is 7.99. The molecule has 0 amide bonds.